The van der Waals surface area contributed by atoms with Crippen molar-refractivity contribution in [2.45, 2.75) is 38.0 Å². The number of nitrogens with one attached hydrogen (secondary N) is 1. The van der Waals surface area contributed by atoms with Crippen LogP contribution in [0.15, 0.2) is 23.9 Å². The monoisotopic (exact) mass is 258 g/mol. The van der Waals surface area contributed by atoms with E-state index >= 15 is 0 Å². The molecule has 1 amide bonds. The molecule has 1 N–H and O–H groups in total. The van der Waals surface area contributed by atoms with Gasteiger partial charge < -0.3 is 9.29 Å². The zero-order valence-electron chi connectivity index (χ0n) is 10.1. The number of ether oxygens (including phenoxy) is 1. The van der Waals surface area contributed by atoms with Gasteiger partial charge in [0.15, 0.2) is 0 Å². The molecule has 0 spiro atoms. The number of carbonyl (C=O) groups excluding carboxylic acids is 1. The molecule has 2 atom stereocenters. The zero-order valence-corrected chi connectivity index (χ0v) is 10.9. The van der Waals surface area contributed by atoms with E-state index in [-0.39, 0.29) is 0 Å². The van der Waals surface area contributed by atoms with E-state index in [1.54, 1.807) is 32.9 Å². The largest absolute Gasteiger partial charge is 0.772 e. The van der Waals surface area contributed by atoms with Gasteiger partial charge in [-0.3, -0.25) is 9.53 Å². The Morgan fingerprint density at radius 1 is 1.59 bits per heavy atom. The fourth-order valence-electron chi connectivity index (χ4n) is 1.26. The summed E-state index contributed by atoms with van der Waals surface area (Å²) in [6.45, 7) is 5.32. The lowest BCUT2D eigenvalue weighted by atomic mass is 10.1. The Morgan fingerprint density at radius 2 is 2.24 bits per heavy atom. The second-order valence-electron chi connectivity index (χ2n) is 4.68. The van der Waals surface area contributed by atoms with Crippen LogP contribution < -0.4 is 5.32 Å². The fraction of sp³-hybridized carbons (Fsp3) is 0.545. The lowest BCUT2D eigenvalue weighted by Crippen LogP contribution is -2.32. The molecule has 0 saturated heterocycles. The average molecular weight is 258 g/mol. The number of amides is 1. The smallest absolute Gasteiger partial charge is 0.412 e. The van der Waals surface area contributed by atoms with Crippen LogP contribution in [0.5, 0.6) is 0 Å². The molecule has 0 aromatic heterocycles. The highest BCUT2D eigenvalue weighted by atomic mass is 32.2. The summed E-state index contributed by atoms with van der Waals surface area (Å²) < 4.78 is 26.4. The van der Waals surface area contributed by atoms with Gasteiger partial charge in [-0.25, -0.2) is 4.79 Å². The minimum atomic E-state index is -2.12. The van der Waals surface area contributed by atoms with Gasteiger partial charge in [-0.05, 0) is 44.3 Å². The van der Waals surface area contributed by atoms with Crippen molar-refractivity contribution in [2.75, 3.05) is 0 Å². The van der Waals surface area contributed by atoms with Crippen LogP contribution in [-0.2, 0) is 15.8 Å². The summed E-state index contributed by atoms with van der Waals surface area (Å²) in [5, 5.41) is 2.03. The molecule has 0 saturated carbocycles. The van der Waals surface area contributed by atoms with Crippen molar-refractivity contribution < 1.29 is 18.3 Å². The Hall–Kier alpha value is -1.14. The van der Waals surface area contributed by atoms with Gasteiger partial charge in [-0.15, -0.1) is 0 Å². The summed E-state index contributed by atoms with van der Waals surface area (Å²) in [5.41, 5.74) is 0.00294. The molecule has 0 bridgehead atoms. The highest BCUT2D eigenvalue weighted by molar-refractivity contribution is 7.80. The van der Waals surface area contributed by atoms with E-state index in [1.807, 2.05) is 0 Å². The molecule has 5 nitrogen and oxygen atoms in total. The molecule has 0 fully saturated rings. The molecule has 0 aliphatic heterocycles. The maximum Gasteiger partial charge on any atom is 0.412 e. The summed E-state index contributed by atoms with van der Waals surface area (Å²) in [5.74, 6) is 0. The molecule has 1 aliphatic carbocycles. The highest BCUT2D eigenvalue weighted by Crippen LogP contribution is 2.13. The molecular weight excluding hydrogens is 242 g/mol. The van der Waals surface area contributed by atoms with Crippen molar-refractivity contribution in [3.05, 3.63) is 23.9 Å². The van der Waals surface area contributed by atoms with Gasteiger partial charge >= 0.3 is 6.09 Å². The molecular formula is C11H16NO4S-. The maximum atomic E-state index is 11.4. The van der Waals surface area contributed by atoms with Crippen molar-refractivity contribution in [3.63, 3.8) is 0 Å². The Bertz CT molecular complexity index is 381. The highest BCUT2D eigenvalue weighted by Gasteiger charge is 2.17. The van der Waals surface area contributed by atoms with E-state index in [9.17, 15) is 13.6 Å². The summed E-state index contributed by atoms with van der Waals surface area (Å²) in [6, 6.07) is 0. The Labute approximate surface area is 103 Å². The standard InChI is InChI=1S/C11H17NO4S/c1-11(2,3)16-10(13)12-8-4-6-9(7-5-8)17(14)15/h4-6,9H,7H2,1-3H3,(H,12,13)(H,14,15)/p-1. The van der Waals surface area contributed by atoms with Crippen molar-refractivity contribution >= 4 is 17.2 Å². The lowest BCUT2D eigenvalue weighted by Gasteiger charge is -2.22. The second kappa shape index (κ2) is 5.46. The van der Waals surface area contributed by atoms with Crippen LogP contribution in [0.1, 0.15) is 27.2 Å². The maximum absolute atomic E-state index is 11.4. The van der Waals surface area contributed by atoms with Crippen molar-refractivity contribution in [2.24, 2.45) is 0 Å². The molecule has 6 heteroatoms. The molecule has 17 heavy (non-hydrogen) atoms. The van der Waals surface area contributed by atoms with Crippen LogP contribution in [0, 0.1) is 0 Å². The summed E-state index contributed by atoms with van der Waals surface area (Å²) >= 11 is -2.12. The van der Waals surface area contributed by atoms with Crippen molar-refractivity contribution in [1.29, 1.82) is 0 Å². The summed E-state index contributed by atoms with van der Waals surface area (Å²) in [7, 11) is 0. The SMILES string of the molecule is CC(C)(C)OC(=O)NC1=CCC(S(=O)[O-])C=C1. The van der Waals surface area contributed by atoms with Gasteiger partial charge in [0.2, 0.25) is 0 Å². The van der Waals surface area contributed by atoms with Gasteiger partial charge in [0.1, 0.15) is 5.60 Å². The molecule has 2 unspecified atom stereocenters. The van der Waals surface area contributed by atoms with E-state index in [0.29, 0.717) is 12.1 Å². The summed E-state index contributed by atoms with van der Waals surface area (Å²) in [6.07, 6.45) is 4.57. The quantitative estimate of drug-likeness (QED) is 0.763. The average Bonchev–Trinajstić information content (AvgIpc) is 2.15. The Morgan fingerprint density at radius 3 is 2.65 bits per heavy atom. The zero-order chi connectivity index (χ0) is 13.1. The second-order valence-corrected chi connectivity index (χ2v) is 5.81. The van der Waals surface area contributed by atoms with Gasteiger partial charge in [0.05, 0.1) is 0 Å². The van der Waals surface area contributed by atoms with Crippen molar-refractivity contribution in [3.8, 4) is 0 Å². The topological polar surface area (TPSA) is 78.5 Å². The molecule has 1 rings (SSSR count). The minimum Gasteiger partial charge on any atom is -0.772 e. The van der Waals surface area contributed by atoms with E-state index in [1.165, 1.54) is 6.08 Å². The predicted octanol–water partition coefficient (Wildman–Crippen LogP) is 1.60. The van der Waals surface area contributed by atoms with Crippen LogP contribution in [-0.4, -0.2) is 25.7 Å². The summed E-state index contributed by atoms with van der Waals surface area (Å²) in [4.78, 5) is 11.4. The van der Waals surface area contributed by atoms with Crippen molar-refractivity contribution in [1.82, 2.24) is 5.32 Å². The van der Waals surface area contributed by atoms with Gasteiger partial charge in [-0.1, -0.05) is 12.2 Å². The molecule has 0 radical (unpaired) electrons. The van der Waals surface area contributed by atoms with E-state index < -0.39 is 28.0 Å². The molecule has 0 aromatic carbocycles. The van der Waals surface area contributed by atoms with Gasteiger partial charge in [-0.2, -0.15) is 0 Å². The third kappa shape index (κ3) is 5.14. The number of carbonyl (C=O) groups is 1. The third-order valence-electron chi connectivity index (χ3n) is 1.95. The first-order chi connectivity index (χ1) is 7.78. The first-order valence-electron chi connectivity index (χ1n) is 5.24. The number of hydrogen-bond donors (Lipinski definition) is 1. The van der Waals surface area contributed by atoms with E-state index in [0.717, 1.165) is 0 Å². The third-order valence-corrected chi connectivity index (χ3v) is 2.80. The molecule has 0 aromatic rings. The normalized spacial score (nSPS) is 21.6. The fourth-order valence-corrected chi connectivity index (χ4v) is 1.72. The molecule has 96 valence electrons. The Balaban J connectivity index is 2.48. The first kappa shape index (κ1) is 13.9. The van der Waals surface area contributed by atoms with E-state index in [4.69, 9.17) is 4.74 Å². The van der Waals surface area contributed by atoms with Crippen LogP contribution in [0.25, 0.3) is 0 Å². The molecule has 1 aliphatic rings. The Kier molecular flexibility index (Phi) is 4.47. The van der Waals surface area contributed by atoms with E-state index in [2.05, 4.69) is 5.32 Å². The van der Waals surface area contributed by atoms with Crippen LogP contribution in [0.4, 0.5) is 4.79 Å². The van der Waals surface area contributed by atoms with Gasteiger partial charge in [0, 0.05) is 10.9 Å². The molecule has 0 heterocycles. The number of alkyl carbamates (subject to hydrolysis) is 1. The predicted molar refractivity (Wildman–Crippen MR) is 63.9 cm³/mol. The van der Waals surface area contributed by atoms with Crippen LogP contribution in [0.2, 0.25) is 0 Å². The van der Waals surface area contributed by atoms with Crippen LogP contribution >= 0.6 is 0 Å². The lowest BCUT2D eigenvalue weighted by molar-refractivity contribution is 0.0547. The minimum absolute atomic E-state index is 0.359. The number of rotatable bonds is 2. The first-order valence-corrected chi connectivity index (χ1v) is 6.38. The van der Waals surface area contributed by atoms with Gasteiger partial charge in [0.25, 0.3) is 0 Å². The number of allylic oxidation sites excluding steroid dienone is 2. The van der Waals surface area contributed by atoms with Crippen LogP contribution in [0.3, 0.4) is 0 Å². The number of hydrogen-bond acceptors (Lipinski definition) is 4.